The van der Waals surface area contributed by atoms with Crippen LogP contribution < -0.4 is 20.1 Å². The van der Waals surface area contributed by atoms with Crippen molar-refractivity contribution in [2.75, 3.05) is 27.3 Å². The number of ether oxygens (including phenoxy) is 3. The molecule has 0 aliphatic carbocycles. The first-order chi connectivity index (χ1) is 16.3. The van der Waals surface area contributed by atoms with Gasteiger partial charge in [-0.25, -0.2) is 9.59 Å². The Labute approximate surface area is 196 Å². The van der Waals surface area contributed by atoms with E-state index in [1.54, 1.807) is 26.1 Å². The van der Waals surface area contributed by atoms with Gasteiger partial charge in [-0.15, -0.1) is 0 Å². The van der Waals surface area contributed by atoms with Crippen molar-refractivity contribution in [1.82, 2.24) is 15.5 Å². The quantitative estimate of drug-likeness (QED) is 0.511. The topological polar surface area (TPSA) is 89.1 Å². The molecule has 0 saturated carbocycles. The van der Waals surface area contributed by atoms with Gasteiger partial charge >= 0.3 is 18.6 Å². The van der Waals surface area contributed by atoms with E-state index in [0.717, 1.165) is 11.1 Å². The lowest BCUT2D eigenvalue weighted by molar-refractivity contribution is -0.139. The zero-order valence-electron chi connectivity index (χ0n) is 19.1. The van der Waals surface area contributed by atoms with Crippen molar-refractivity contribution in [1.29, 1.82) is 0 Å². The molecule has 10 heteroatoms. The van der Waals surface area contributed by atoms with E-state index in [2.05, 4.69) is 15.4 Å². The number of likely N-dealkylation sites (N-methyl/N-ethyl adjacent to an activating group) is 1. The predicted molar refractivity (Wildman–Crippen MR) is 120 cm³/mol. The maximum Gasteiger partial charge on any atom is 0.387 e. The van der Waals surface area contributed by atoms with Crippen LogP contribution >= 0.6 is 0 Å². The van der Waals surface area contributed by atoms with Crippen LogP contribution in [0.25, 0.3) is 0 Å². The van der Waals surface area contributed by atoms with Crippen molar-refractivity contribution >= 4 is 12.0 Å². The summed E-state index contributed by atoms with van der Waals surface area (Å²) in [5.41, 5.74) is 2.25. The van der Waals surface area contributed by atoms with Gasteiger partial charge in [0.1, 0.15) is 0 Å². The molecule has 2 aromatic carbocycles. The van der Waals surface area contributed by atoms with Crippen LogP contribution in [0.3, 0.4) is 0 Å². The van der Waals surface area contributed by atoms with Crippen LogP contribution in [0.2, 0.25) is 0 Å². The van der Waals surface area contributed by atoms with Gasteiger partial charge in [-0.1, -0.05) is 36.4 Å². The number of carbonyl (C=O) groups excluding carboxylic acids is 2. The number of benzene rings is 2. The Bertz CT molecular complexity index is 1050. The van der Waals surface area contributed by atoms with E-state index >= 15 is 0 Å². The molecular formula is C24H27F2N3O5. The van der Waals surface area contributed by atoms with E-state index in [0.29, 0.717) is 17.8 Å². The van der Waals surface area contributed by atoms with Crippen LogP contribution in [0.5, 0.6) is 11.5 Å². The summed E-state index contributed by atoms with van der Waals surface area (Å²) >= 11 is 0. The summed E-state index contributed by atoms with van der Waals surface area (Å²) in [6.07, 6.45) is 0. The second-order valence-electron chi connectivity index (χ2n) is 7.59. The fraction of sp³-hybridized carbons (Fsp3) is 0.333. The third-order valence-corrected chi connectivity index (χ3v) is 5.11. The number of halogens is 2. The maximum absolute atomic E-state index is 12.9. The van der Waals surface area contributed by atoms with Crippen LogP contribution in [-0.2, 0) is 16.1 Å². The Kier molecular flexibility index (Phi) is 8.42. The molecule has 182 valence electrons. The number of hydrogen-bond acceptors (Lipinski definition) is 6. The highest BCUT2D eigenvalue weighted by molar-refractivity contribution is 5.95. The van der Waals surface area contributed by atoms with Gasteiger partial charge in [-0.05, 0) is 37.2 Å². The van der Waals surface area contributed by atoms with Gasteiger partial charge < -0.3 is 24.8 Å². The van der Waals surface area contributed by atoms with Crippen molar-refractivity contribution in [3.63, 3.8) is 0 Å². The predicted octanol–water partition coefficient (Wildman–Crippen LogP) is 3.60. The lowest BCUT2D eigenvalue weighted by atomic mass is 9.95. The van der Waals surface area contributed by atoms with Gasteiger partial charge in [0.15, 0.2) is 11.5 Å². The molecule has 0 radical (unpaired) electrons. The minimum atomic E-state index is -2.96. The van der Waals surface area contributed by atoms with Gasteiger partial charge in [-0.2, -0.15) is 8.78 Å². The molecule has 0 fully saturated rings. The third kappa shape index (κ3) is 6.22. The van der Waals surface area contributed by atoms with Gasteiger partial charge in [0.25, 0.3) is 0 Å². The first-order valence-corrected chi connectivity index (χ1v) is 10.6. The number of methoxy groups -OCH3 is 1. The Hall–Kier alpha value is -3.66. The summed E-state index contributed by atoms with van der Waals surface area (Å²) in [5.74, 6) is -0.410. The average Bonchev–Trinajstić information content (AvgIpc) is 2.80. The molecule has 2 N–H and O–H groups in total. The summed E-state index contributed by atoms with van der Waals surface area (Å²) in [7, 11) is 3.17. The van der Waals surface area contributed by atoms with Gasteiger partial charge in [-0.3, -0.25) is 4.90 Å². The zero-order chi connectivity index (χ0) is 24.7. The van der Waals surface area contributed by atoms with Crippen LogP contribution in [0.15, 0.2) is 59.8 Å². The molecule has 8 nitrogen and oxygen atoms in total. The molecule has 1 atom stereocenters. The van der Waals surface area contributed by atoms with E-state index in [4.69, 9.17) is 9.47 Å². The molecule has 1 heterocycles. The third-order valence-electron chi connectivity index (χ3n) is 5.11. The molecule has 0 saturated heterocycles. The van der Waals surface area contributed by atoms with Crippen molar-refractivity contribution in [2.24, 2.45) is 0 Å². The number of rotatable bonds is 10. The summed E-state index contributed by atoms with van der Waals surface area (Å²) < 4.78 is 40.1. The normalized spacial score (nSPS) is 15.7. The van der Waals surface area contributed by atoms with E-state index in [-0.39, 0.29) is 24.7 Å². The van der Waals surface area contributed by atoms with Crippen molar-refractivity contribution in [3.05, 3.63) is 70.9 Å². The molecule has 2 aromatic rings. The molecule has 0 aromatic heterocycles. The fourth-order valence-corrected chi connectivity index (χ4v) is 3.73. The van der Waals surface area contributed by atoms with E-state index < -0.39 is 24.7 Å². The summed E-state index contributed by atoms with van der Waals surface area (Å²) in [5, 5.41) is 5.53. The van der Waals surface area contributed by atoms with Gasteiger partial charge in [0.2, 0.25) is 0 Å². The molecule has 0 bridgehead atoms. The largest absolute Gasteiger partial charge is 0.493 e. The molecule has 2 amide bonds. The molecular weight excluding hydrogens is 448 g/mol. The van der Waals surface area contributed by atoms with Gasteiger partial charge in [0.05, 0.1) is 25.3 Å². The Balaban J connectivity index is 1.86. The summed E-state index contributed by atoms with van der Waals surface area (Å²) in [4.78, 5) is 27.1. The second-order valence-corrected chi connectivity index (χ2v) is 7.59. The van der Waals surface area contributed by atoms with Crippen molar-refractivity contribution in [3.8, 4) is 11.5 Å². The van der Waals surface area contributed by atoms with Crippen LogP contribution in [0.1, 0.15) is 24.1 Å². The number of urea groups is 1. The molecule has 1 aliphatic rings. The molecule has 1 aliphatic heterocycles. The number of hydrogen-bond donors (Lipinski definition) is 2. The van der Waals surface area contributed by atoms with E-state index in [1.807, 2.05) is 35.2 Å². The summed E-state index contributed by atoms with van der Waals surface area (Å²) in [6.45, 7) is -0.456. The SMILES string of the molecule is CCOC(=O)C1=C(CN(C)Cc2ccc(OC(F)F)c(OC)c2)NC(=O)NC1c1ccccc1. The minimum absolute atomic E-state index is 0.0625. The Morgan fingerprint density at radius 3 is 2.50 bits per heavy atom. The highest BCUT2D eigenvalue weighted by Gasteiger charge is 2.34. The number of carbonyl (C=O) groups is 2. The molecule has 0 spiro atoms. The Morgan fingerprint density at radius 2 is 1.85 bits per heavy atom. The van der Waals surface area contributed by atoms with E-state index in [9.17, 15) is 18.4 Å². The maximum atomic E-state index is 12.9. The number of nitrogens with zero attached hydrogens (tertiary/aromatic N) is 1. The number of nitrogens with one attached hydrogen (secondary N) is 2. The molecule has 3 rings (SSSR count). The van der Waals surface area contributed by atoms with Crippen LogP contribution in [0.4, 0.5) is 13.6 Å². The van der Waals surface area contributed by atoms with E-state index in [1.165, 1.54) is 13.2 Å². The highest BCUT2D eigenvalue weighted by atomic mass is 19.3. The second kappa shape index (κ2) is 11.5. The lowest BCUT2D eigenvalue weighted by Crippen LogP contribution is -2.48. The first-order valence-electron chi connectivity index (χ1n) is 10.6. The molecule has 1 unspecified atom stereocenters. The van der Waals surface area contributed by atoms with Crippen molar-refractivity contribution < 1.29 is 32.6 Å². The fourth-order valence-electron chi connectivity index (χ4n) is 3.73. The zero-order valence-corrected chi connectivity index (χ0v) is 19.1. The minimum Gasteiger partial charge on any atom is -0.493 e. The number of alkyl halides is 2. The number of amides is 2. The molecule has 34 heavy (non-hydrogen) atoms. The monoisotopic (exact) mass is 475 g/mol. The van der Waals surface area contributed by atoms with Crippen LogP contribution in [-0.4, -0.2) is 50.8 Å². The first kappa shape index (κ1) is 25.0. The average molecular weight is 475 g/mol. The lowest BCUT2D eigenvalue weighted by Gasteiger charge is -2.31. The Morgan fingerprint density at radius 1 is 1.12 bits per heavy atom. The smallest absolute Gasteiger partial charge is 0.387 e. The highest BCUT2D eigenvalue weighted by Crippen LogP contribution is 2.31. The van der Waals surface area contributed by atoms with Crippen LogP contribution in [0, 0.1) is 0 Å². The van der Waals surface area contributed by atoms with Crippen molar-refractivity contribution in [2.45, 2.75) is 26.1 Å². The standard InChI is InChI=1S/C24H27F2N3O5/c1-4-33-22(30)20-17(27-24(31)28-21(20)16-8-6-5-7-9-16)14-29(2)13-15-10-11-18(34-23(25)26)19(12-15)32-3/h5-12,21,23H,4,13-14H2,1-3H3,(H2,27,28,31). The summed E-state index contributed by atoms with van der Waals surface area (Å²) in [6, 6.07) is 12.7. The number of esters is 1. The van der Waals surface area contributed by atoms with Gasteiger partial charge in [0, 0.05) is 18.8 Å².